The zero-order valence-electron chi connectivity index (χ0n) is 10.00. The first-order valence-corrected chi connectivity index (χ1v) is 6.60. The summed E-state index contributed by atoms with van der Waals surface area (Å²) in [5.74, 6) is -2.34. The first-order valence-electron chi connectivity index (χ1n) is 5.80. The second-order valence-electron chi connectivity index (χ2n) is 4.35. The molecule has 1 aromatic rings. The molecule has 0 saturated carbocycles. The molecule has 1 unspecified atom stereocenters. The number of halogens is 3. The number of piperazine rings is 1. The van der Waals surface area contributed by atoms with Crippen LogP contribution >= 0.6 is 15.9 Å². The average Bonchev–Trinajstić information content (AvgIpc) is 2.39. The third kappa shape index (κ3) is 3.10. The second-order valence-corrected chi connectivity index (χ2v) is 5.20. The molecule has 0 radical (unpaired) electrons. The molecule has 1 saturated heterocycles. The van der Waals surface area contributed by atoms with Crippen molar-refractivity contribution < 1.29 is 18.7 Å². The number of aliphatic carboxylic acids is 1. The lowest BCUT2D eigenvalue weighted by Crippen LogP contribution is -2.54. The van der Waals surface area contributed by atoms with Crippen LogP contribution in [0.5, 0.6) is 0 Å². The average molecular weight is 335 g/mol. The van der Waals surface area contributed by atoms with Gasteiger partial charge in [0.25, 0.3) is 0 Å². The van der Waals surface area contributed by atoms with E-state index in [9.17, 15) is 13.6 Å². The molecule has 1 fully saturated rings. The molecule has 0 amide bonds. The number of benzene rings is 1. The van der Waals surface area contributed by atoms with Gasteiger partial charge in [-0.25, -0.2) is 8.78 Å². The highest BCUT2D eigenvalue weighted by Gasteiger charge is 2.29. The summed E-state index contributed by atoms with van der Waals surface area (Å²) in [6.45, 7) is 1.24. The Balaban J connectivity index is 2.24. The number of hydrogen-bond donors (Lipinski definition) is 2. The van der Waals surface area contributed by atoms with E-state index in [1.165, 1.54) is 12.1 Å². The van der Waals surface area contributed by atoms with Gasteiger partial charge in [0.2, 0.25) is 0 Å². The van der Waals surface area contributed by atoms with Crippen LogP contribution in [0.15, 0.2) is 16.6 Å². The lowest BCUT2D eigenvalue weighted by atomic mass is 10.1. The largest absolute Gasteiger partial charge is 0.480 e. The van der Waals surface area contributed by atoms with Crippen LogP contribution in [0, 0.1) is 11.6 Å². The molecule has 4 nitrogen and oxygen atoms in total. The Morgan fingerprint density at radius 1 is 1.53 bits per heavy atom. The molecule has 0 aromatic heterocycles. The van der Waals surface area contributed by atoms with Gasteiger partial charge in [-0.15, -0.1) is 0 Å². The van der Waals surface area contributed by atoms with Crippen molar-refractivity contribution >= 4 is 21.9 Å². The lowest BCUT2D eigenvalue weighted by molar-refractivity contribution is -0.144. The Kier molecular flexibility index (Phi) is 4.49. The van der Waals surface area contributed by atoms with Crippen molar-refractivity contribution in [3.63, 3.8) is 0 Å². The molecule has 104 valence electrons. The summed E-state index contributed by atoms with van der Waals surface area (Å²) in [4.78, 5) is 12.7. The monoisotopic (exact) mass is 334 g/mol. The minimum atomic E-state index is -0.997. The van der Waals surface area contributed by atoms with E-state index < -0.39 is 23.6 Å². The first-order chi connectivity index (χ1) is 9.00. The number of rotatable bonds is 3. The minimum Gasteiger partial charge on any atom is -0.480 e. The highest BCUT2D eigenvalue weighted by Crippen LogP contribution is 2.23. The molecule has 0 bridgehead atoms. The SMILES string of the molecule is O=C(O)C1CNCCN1Cc1c(F)ccc(Br)c1F. The summed E-state index contributed by atoms with van der Waals surface area (Å²) >= 11 is 3.00. The van der Waals surface area contributed by atoms with E-state index in [4.69, 9.17) is 5.11 Å². The first kappa shape index (κ1) is 14.4. The van der Waals surface area contributed by atoms with E-state index in [1.807, 2.05) is 0 Å². The molecular weight excluding hydrogens is 322 g/mol. The van der Waals surface area contributed by atoms with E-state index in [0.29, 0.717) is 13.1 Å². The fraction of sp³-hybridized carbons (Fsp3) is 0.417. The molecule has 1 aromatic carbocycles. The lowest BCUT2D eigenvalue weighted by Gasteiger charge is -2.33. The van der Waals surface area contributed by atoms with Crippen molar-refractivity contribution in [2.45, 2.75) is 12.6 Å². The Labute approximate surface area is 117 Å². The molecule has 1 atom stereocenters. The van der Waals surface area contributed by atoms with Crippen molar-refractivity contribution in [2.75, 3.05) is 19.6 Å². The third-order valence-electron chi connectivity index (χ3n) is 3.14. The number of carboxylic acids is 1. The van der Waals surface area contributed by atoms with Crippen LogP contribution in [-0.4, -0.2) is 41.7 Å². The molecule has 2 rings (SSSR count). The number of hydrogen-bond acceptors (Lipinski definition) is 3. The molecule has 2 N–H and O–H groups in total. The maximum atomic E-state index is 13.9. The fourth-order valence-electron chi connectivity index (χ4n) is 2.10. The van der Waals surface area contributed by atoms with E-state index in [2.05, 4.69) is 21.2 Å². The smallest absolute Gasteiger partial charge is 0.322 e. The zero-order valence-corrected chi connectivity index (χ0v) is 11.6. The Morgan fingerprint density at radius 2 is 2.26 bits per heavy atom. The fourth-order valence-corrected chi connectivity index (χ4v) is 2.47. The van der Waals surface area contributed by atoms with Gasteiger partial charge in [0, 0.05) is 31.7 Å². The Bertz CT molecular complexity index is 499. The van der Waals surface area contributed by atoms with E-state index in [0.717, 1.165) is 0 Å². The zero-order chi connectivity index (χ0) is 14.0. The molecule has 1 aliphatic heterocycles. The van der Waals surface area contributed by atoms with E-state index in [1.54, 1.807) is 4.90 Å². The van der Waals surface area contributed by atoms with Crippen molar-refractivity contribution in [3.05, 3.63) is 33.8 Å². The summed E-state index contributed by atoms with van der Waals surface area (Å²) in [6, 6.07) is 1.69. The van der Waals surface area contributed by atoms with E-state index >= 15 is 0 Å². The van der Waals surface area contributed by atoms with Gasteiger partial charge >= 0.3 is 5.97 Å². The number of carboxylic acid groups (broad SMARTS) is 1. The van der Waals surface area contributed by atoms with Gasteiger partial charge in [-0.05, 0) is 28.1 Å². The molecule has 7 heteroatoms. The highest BCUT2D eigenvalue weighted by molar-refractivity contribution is 9.10. The van der Waals surface area contributed by atoms with Crippen molar-refractivity contribution in [1.82, 2.24) is 10.2 Å². The summed E-state index contributed by atoms with van der Waals surface area (Å²) in [5, 5.41) is 12.1. The standard InChI is InChI=1S/C12H13BrF2N2O2/c13-8-1-2-9(14)7(11(8)15)6-17-4-3-16-5-10(17)12(18)19/h1-2,10,16H,3-6H2,(H,18,19). The second kappa shape index (κ2) is 5.94. The highest BCUT2D eigenvalue weighted by atomic mass is 79.9. The van der Waals surface area contributed by atoms with Gasteiger partial charge in [0.15, 0.2) is 0 Å². The van der Waals surface area contributed by atoms with Gasteiger partial charge in [0.1, 0.15) is 17.7 Å². The van der Waals surface area contributed by atoms with Crippen LogP contribution in [0.3, 0.4) is 0 Å². The van der Waals surface area contributed by atoms with Crippen molar-refractivity contribution in [3.8, 4) is 0 Å². The molecule has 19 heavy (non-hydrogen) atoms. The van der Waals surface area contributed by atoms with Gasteiger partial charge in [-0.1, -0.05) is 0 Å². The number of nitrogens with zero attached hydrogens (tertiary/aromatic N) is 1. The van der Waals surface area contributed by atoms with Gasteiger partial charge in [0.05, 0.1) is 4.47 Å². The summed E-state index contributed by atoms with van der Waals surface area (Å²) in [7, 11) is 0. The molecule has 0 spiro atoms. The van der Waals surface area contributed by atoms with Crippen LogP contribution in [0.25, 0.3) is 0 Å². The molecule has 1 aliphatic rings. The maximum Gasteiger partial charge on any atom is 0.322 e. The molecule has 0 aliphatic carbocycles. The van der Waals surface area contributed by atoms with Crippen molar-refractivity contribution in [1.29, 1.82) is 0 Å². The van der Waals surface area contributed by atoms with Crippen LogP contribution < -0.4 is 5.32 Å². The Hall–Kier alpha value is -1.05. The van der Waals surface area contributed by atoms with E-state index in [-0.39, 0.29) is 23.1 Å². The third-order valence-corrected chi connectivity index (χ3v) is 3.75. The molecular formula is C12H13BrF2N2O2. The summed E-state index contributed by atoms with van der Waals surface area (Å²) in [5.41, 5.74) is -0.109. The quantitative estimate of drug-likeness (QED) is 0.824. The summed E-state index contributed by atoms with van der Waals surface area (Å²) < 4.78 is 27.7. The predicted octanol–water partition coefficient (Wildman–Crippen LogP) is 1.59. The van der Waals surface area contributed by atoms with Crippen LogP contribution in [0.4, 0.5) is 8.78 Å². The van der Waals surface area contributed by atoms with Crippen LogP contribution in [0.2, 0.25) is 0 Å². The number of carbonyl (C=O) groups is 1. The topological polar surface area (TPSA) is 52.6 Å². The number of nitrogens with one attached hydrogen (secondary N) is 1. The Morgan fingerprint density at radius 3 is 2.95 bits per heavy atom. The van der Waals surface area contributed by atoms with Gasteiger partial charge in [-0.2, -0.15) is 0 Å². The van der Waals surface area contributed by atoms with Gasteiger partial charge < -0.3 is 10.4 Å². The van der Waals surface area contributed by atoms with Crippen molar-refractivity contribution in [2.24, 2.45) is 0 Å². The van der Waals surface area contributed by atoms with Gasteiger partial charge in [-0.3, -0.25) is 9.69 Å². The maximum absolute atomic E-state index is 13.9. The van der Waals surface area contributed by atoms with Crippen LogP contribution in [-0.2, 0) is 11.3 Å². The van der Waals surface area contributed by atoms with Crippen LogP contribution in [0.1, 0.15) is 5.56 Å². The summed E-state index contributed by atoms with van der Waals surface area (Å²) in [6.07, 6.45) is 0. The molecule has 1 heterocycles. The normalized spacial score (nSPS) is 20.5. The predicted molar refractivity (Wildman–Crippen MR) is 68.8 cm³/mol. The minimum absolute atomic E-state index is 0.0598.